The van der Waals surface area contributed by atoms with Crippen LogP contribution in [0.4, 0.5) is 10.1 Å². The van der Waals surface area contributed by atoms with Crippen LogP contribution in [0.2, 0.25) is 0 Å². The molecule has 0 aromatic heterocycles. The highest BCUT2D eigenvalue weighted by Gasteiger charge is 2.38. The van der Waals surface area contributed by atoms with Gasteiger partial charge in [0.2, 0.25) is 0 Å². The molecule has 0 aliphatic rings. The average molecular weight is 287 g/mol. The first-order chi connectivity index (χ1) is 9.97. The zero-order valence-electron chi connectivity index (χ0n) is 12.3. The molecule has 0 amide bonds. The van der Waals surface area contributed by atoms with Crippen molar-refractivity contribution in [2.24, 2.45) is 0 Å². The number of nitrogens with one attached hydrogen (secondary N) is 1. The molecule has 3 nitrogen and oxygen atoms in total. The Hall–Kier alpha value is -2.36. The summed E-state index contributed by atoms with van der Waals surface area (Å²) in [5.74, 6) is -1.00. The molecule has 2 aromatic rings. The van der Waals surface area contributed by atoms with Crippen LogP contribution in [0.5, 0.6) is 0 Å². The average Bonchev–Trinajstić information content (AvgIpc) is 2.46. The third-order valence-corrected chi connectivity index (χ3v) is 3.42. The van der Waals surface area contributed by atoms with E-state index >= 15 is 0 Å². The van der Waals surface area contributed by atoms with Gasteiger partial charge >= 0.3 is 5.97 Å². The number of ether oxygens (including phenoxy) is 1. The number of hydrogen-bond donors (Lipinski definition) is 1. The molecule has 1 N–H and O–H groups in total. The van der Waals surface area contributed by atoms with E-state index in [4.69, 9.17) is 4.74 Å². The number of rotatable bonds is 4. The minimum atomic E-state index is -1.30. The van der Waals surface area contributed by atoms with Gasteiger partial charge in [-0.15, -0.1) is 0 Å². The maximum atomic E-state index is 14.1. The number of methoxy groups -OCH3 is 1. The largest absolute Gasteiger partial charge is 0.467 e. The molecule has 0 heterocycles. The molecule has 0 saturated carbocycles. The Bertz CT molecular complexity index is 657. The van der Waals surface area contributed by atoms with E-state index in [1.165, 1.54) is 13.2 Å². The van der Waals surface area contributed by atoms with Crippen LogP contribution in [-0.2, 0) is 15.1 Å². The van der Waals surface area contributed by atoms with E-state index in [-0.39, 0.29) is 5.56 Å². The fourth-order valence-electron chi connectivity index (χ4n) is 2.31. The van der Waals surface area contributed by atoms with Crippen molar-refractivity contribution in [2.45, 2.75) is 19.4 Å². The van der Waals surface area contributed by atoms with Gasteiger partial charge in [0.25, 0.3) is 0 Å². The minimum absolute atomic E-state index is 0.248. The molecule has 2 aromatic carbocycles. The van der Waals surface area contributed by atoms with Gasteiger partial charge in [0, 0.05) is 11.3 Å². The van der Waals surface area contributed by atoms with Gasteiger partial charge in [-0.25, -0.2) is 9.18 Å². The fraction of sp³-hybridized carbons (Fsp3) is 0.235. The van der Waals surface area contributed by atoms with Crippen LogP contribution in [0.25, 0.3) is 0 Å². The van der Waals surface area contributed by atoms with E-state index in [2.05, 4.69) is 5.32 Å². The predicted octanol–water partition coefficient (Wildman–Crippen LogP) is 3.63. The van der Waals surface area contributed by atoms with Gasteiger partial charge in [-0.3, -0.25) is 0 Å². The Kier molecular flexibility index (Phi) is 4.26. The van der Waals surface area contributed by atoms with E-state index in [0.29, 0.717) is 0 Å². The second kappa shape index (κ2) is 5.95. The van der Waals surface area contributed by atoms with E-state index < -0.39 is 17.3 Å². The number of carbonyl (C=O) groups is 1. The molecule has 0 bridgehead atoms. The van der Waals surface area contributed by atoms with Crippen LogP contribution in [0.3, 0.4) is 0 Å². The molecule has 0 saturated heterocycles. The van der Waals surface area contributed by atoms with Gasteiger partial charge in [0.1, 0.15) is 5.82 Å². The smallest absolute Gasteiger partial charge is 0.336 e. The molecule has 2 rings (SSSR count). The first-order valence-electron chi connectivity index (χ1n) is 6.65. The van der Waals surface area contributed by atoms with Crippen molar-refractivity contribution < 1.29 is 13.9 Å². The van der Waals surface area contributed by atoms with Crippen LogP contribution < -0.4 is 5.32 Å². The number of esters is 1. The van der Waals surface area contributed by atoms with Gasteiger partial charge in [0.05, 0.1) is 7.11 Å². The lowest BCUT2D eigenvalue weighted by Gasteiger charge is -2.30. The van der Waals surface area contributed by atoms with Gasteiger partial charge < -0.3 is 10.1 Å². The van der Waals surface area contributed by atoms with Gasteiger partial charge in [-0.2, -0.15) is 0 Å². The van der Waals surface area contributed by atoms with Crippen molar-refractivity contribution in [2.75, 3.05) is 12.4 Å². The van der Waals surface area contributed by atoms with Crippen molar-refractivity contribution in [1.82, 2.24) is 0 Å². The Balaban J connectivity index is 2.48. The summed E-state index contributed by atoms with van der Waals surface area (Å²) in [5.41, 5.74) is 0.721. The van der Waals surface area contributed by atoms with Crippen molar-refractivity contribution in [3.63, 3.8) is 0 Å². The molecule has 0 aliphatic heterocycles. The van der Waals surface area contributed by atoms with Gasteiger partial charge in [-0.05, 0) is 37.6 Å². The maximum Gasteiger partial charge on any atom is 0.336 e. The topological polar surface area (TPSA) is 38.3 Å². The number of hydrogen-bond acceptors (Lipinski definition) is 3. The number of carbonyl (C=O) groups excluding carboxylic acids is 1. The third-order valence-electron chi connectivity index (χ3n) is 3.42. The van der Waals surface area contributed by atoms with Crippen molar-refractivity contribution >= 4 is 11.7 Å². The van der Waals surface area contributed by atoms with E-state index in [1.54, 1.807) is 25.1 Å². The summed E-state index contributed by atoms with van der Waals surface area (Å²) >= 11 is 0. The predicted molar refractivity (Wildman–Crippen MR) is 80.6 cm³/mol. The van der Waals surface area contributed by atoms with Crippen molar-refractivity contribution in [1.29, 1.82) is 0 Å². The molecule has 0 radical (unpaired) electrons. The van der Waals surface area contributed by atoms with Crippen LogP contribution in [0, 0.1) is 12.7 Å². The minimum Gasteiger partial charge on any atom is -0.467 e. The summed E-state index contributed by atoms with van der Waals surface area (Å²) in [6.45, 7) is 3.56. The van der Waals surface area contributed by atoms with Crippen LogP contribution in [0.1, 0.15) is 18.1 Å². The fourth-order valence-corrected chi connectivity index (χ4v) is 2.31. The molecule has 4 heteroatoms. The molecule has 21 heavy (non-hydrogen) atoms. The normalized spacial score (nSPS) is 13.3. The summed E-state index contributed by atoms with van der Waals surface area (Å²) < 4.78 is 19.0. The van der Waals surface area contributed by atoms with E-state index in [0.717, 1.165) is 11.3 Å². The summed E-state index contributed by atoms with van der Waals surface area (Å²) in [6.07, 6.45) is 0. The Morgan fingerprint density at radius 2 is 1.90 bits per heavy atom. The SMILES string of the molecule is COC(=O)C(C)(Nc1cccc(C)c1)c1ccccc1F. The molecule has 0 fully saturated rings. The monoisotopic (exact) mass is 287 g/mol. The Morgan fingerprint density at radius 1 is 1.19 bits per heavy atom. The molecule has 0 aliphatic carbocycles. The van der Waals surface area contributed by atoms with E-state index in [9.17, 15) is 9.18 Å². The van der Waals surface area contributed by atoms with E-state index in [1.807, 2.05) is 31.2 Å². The highest BCUT2D eigenvalue weighted by Crippen LogP contribution is 2.29. The maximum absolute atomic E-state index is 14.1. The first kappa shape index (κ1) is 15.0. The molecule has 0 spiro atoms. The van der Waals surface area contributed by atoms with Crippen molar-refractivity contribution in [3.8, 4) is 0 Å². The lowest BCUT2D eigenvalue weighted by molar-refractivity contribution is -0.145. The second-order valence-corrected chi connectivity index (χ2v) is 5.09. The summed E-state index contributed by atoms with van der Waals surface area (Å²) in [6, 6.07) is 13.7. The van der Waals surface area contributed by atoms with Gasteiger partial charge in [-0.1, -0.05) is 30.3 Å². The number of benzene rings is 2. The second-order valence-electron chi connectivity index (χ2n) is 5.09. The van der Waals surface area contributed by atoms with Crippen LogP contribution >= 0.6 is 0 Å². The highest BCUT2D eigenvalue weighted by atomic mass is 19.1. The first-order valence-corrected chi connectivity index (χ1v) is 6.65. The summed E-state index contributed by atoms with van der Waals surface area (Å²) in [4.78, 5) is 12.2. The third kappa shape index (κ3) is 3.05. The zero-order valence-corrected chi connectivity index (χ0v) is 12.3. The zero-order chi connectivity index (χ0) is 15.5. The molecular weight excluding hydrogens is 269 g/mol. The van der Waals surface area contributed by atoms with Crippen molar-refractivity contribution in [3.05, 3.63) is 65.5 Å². The van der Waals surface area contributed by atoms with Crippen LogP contribution in [-0.4, -0.2) is 13.1 Å². The van der Waals surface area contributed by atoms with Gasteiger partial charge in [0.15, 0.2) is 5.54 Å². The highest BCUT2D eigenvalue weighted by molar-refractivity contribution is 5.85. The molecule has 110 valence electrons. The molecule has 1 atom stereocenters. The lowest BCUT2D eigenvalue weighted by atomic mass is 9.91. The molecular formula is C17H18FNO2. The number of anilines is 1. The Labute approximate surface area is 123 Å². The molecule has 1 unspecified atom stereocenters. The number of halogens is 1. The summed E-state index contributed by atoms with van der Waals surface area (Å²) in [7, 11) is 1.29. The number of aryl methyl sites for hydroxylation is 1. The Morgan fingerprint density at radius 3 is 2.52 bits per heavy atom. The summed E-state index contributed by atoms with van der Waals surface area (Å²) in [5, 5.41) is 3.09. The van der Waals surface area contributed by atoms with Crippen LogP contribution in [0.15, 0.2) is 48.5 Å². The lowest BCUT2D eigenvalue weighted by Crippen LogP contribution is -2.42. The standard InChI is InChI=1S/C17H18FNO2/c1-12-7-6-8-13(11-12)19-17(2,16(20)21-3)14-9-4-5-10-15(14)18/h4-11,19H,1-3H3. The quantitative estimate of drug-likeness (QED) is 0.873.